The molecule has 0 aliphatic heterocycles. The van der Waals surface area contributed by atoms with E-state index in [4.69, 9.17) is 0 Å². The van der Waals surface area contributed by atoms with E-state index in [9.17, 15) is 29.4 Å². The fraction of sp³-hybridized carbons (Fsp3) is 0.529. The van der Waals surface area contributed by atoms with Crippen LogP contribution in [0, 0.1) is 23.7 Å². The summed E-state index contributed by atoms with van der Waals surface area (Å²) in [4.78, 5) is 52.4. The van der Waals surface area contributed by atoms with Gasteiger partial charge in [-0.05, 0) is 48.6 Å². The first-order valence-corrected chi connectivity index (χ1v) is 15.4. The number of hydrogen-bond acceptors (Lipinski definition) is 6. The van der Waals surface area contributed by atoms with Gasteiger partial charge in [0, 0.05) is 14.1 Å². The summed E-state index contributed by atoms with van der Waals surface area (Å²) in [6.45, 7) is 7.19. The van der Waals surface area contributed by atoms with Gasteiger partial charge in [0.05, 0.1) is 24.0 Å². The normalized spacial score (nSPS) is 15.4. The Labute approximate surface area is 261 Å². The number of aliphatic hydroxyl groups excluding tert-OH is 2. The molecule has 6 atom stereocenters. The first-order valence-electron chi connectivity index (χ1n) is 15.4. The monoisotopic (exact) mass is 610 g/mol. The quantitative estimate of drug-likeness (QED) is 0.161. The second-order valence-corrected chi connectivity index (χ2v) is 11.9. The molecule has 0 saturated heterocycles. The van der Waals surface area contributed by atoms with Crippen molar-refractivity contribution in [3.8, 4) is 0 Å². The summed E-state index contributed by atoms with van der Waals surface area (Å²) in [6.07, 6.45) is -2.12. The molecule has 0 aliphatic rings. The number of benzene rings is 2. The lowest BCUT2D eigenvalue weighted by molar-refractivity contribution is -0.144. The third kappa shape index (κ3) is 10.7. The number of nitrogens with one attached hydrogen (secondary N) is 4. The van der Waals surface area contributed by atoms with Crippen molar-refractivity contribution >= 4 is 23.6 Å². The maximum absolute atomic E-state index is 13.7. The number of amides is 4. The van der Waals surface area contributed by atoms with Gasteiger partial charge in [0.15, 0.2) is 0 Å². The second kappa shape index (κ2) is 18.1. The zero-order valence-electron chi connectivity index (χ0n) is 26.7. The lowest BCUT2D eigenvalue weighted by Crippen LogP contribution is -2.56. The third-order valence-corrected chi connectivity index (χ3v) is 8.01. The van der Waals surface area contributed by atoms with Crippen LogP contribution in [0.5, 0.6) is 0 Å². The topological polar surface area (TPSA) is 157 Å². The molecule has 0 aliphatic carbocycles. The molecular weight excluding hydrogens is 560 g/mol. The summed E-state index contributed by atoms with van der Waals surface area (Å²) in [7, 11) is 2.96. The number of rotatable bonds is 17. The molecule has 0 saturated carbocycles. The van der Waals surface area contributed by atoms with Crippen molar-refractivity contribution in [3.05, 3.63) is 71.8 Å². The third-order valence-electron chi connectivity index (χ3n) is 8.01. The van der Waals surface area contributed by atoms with Crippen LogP contribution in [-0.2, 0) is 32.0 Å². The van der Waals surface area contributed by atoms with E-state index in [1.165, 1.54) is 14.1 Å². The maximum Gasteiger partial charge on any atom is 0.242 e. The van der Waals surface area contributed by atoms with E-state index < -0.39 is 47.9 Å². The SMILES string of the molecule is CNC(=O)[C@@H](NC(=O)[C@@H](CCc1ccccc1)[C@@H](O)[C@H](O)[C@H](CCc1ccccc1)C(=O)N[C@H](C(=O)NC)C(C)C)C(C)C. The zero-order valence-corrected chi connectivity index (χ0v) is 26.7. The van der Waals surface area contributed by atoms with E-state index in [1.54, 1.807) is 27.7 Å². The van der Waals surface area contributed by atoms with Crippen LogP contribution in [0.3, 0.4) is 0 Å². The predicted molar refractivity (Wildman–Crippen MR) is 170 cm³/mol. The number of carbonyl (C=O) groups is 4. The average molecular weight is 611 g/mol. The molecule has 0 unspecified atom stereocenters. The van der Waals surface area contributed by atoms with Crippen LogP contribution in [0.15, 0.2) is 60.7 Å². The first kappa shape index (κ1) is 36.4. The summed E-state index contributed by atoms with van der Waals surface area (Å²) in [5.41, 5.74) is 1.87. The van der Waals surface area contributed by atoms with Crippen LogP contribution in [0.2, 0.25) is 0 Å². The molecule has 2 rings (SSSR count). The highest BCUT2D eigenvalue weighted by molar-refractivity contribution is 5.90. The molecule has 0 spiro atoms. The Hall–Kier alpha value is -3.76. The van der Waals surface area contributed by atoms with Crippen LogP contribution >= 0.6 is 0 Å². The molecule has 6 N–H and O–H groups in total. The highest BCUT2D eigenvalue weighted by Gasteiger charge is 2.41. The molecule has 10 nitrogen and oxygen atoms in total. The van der Waals surface area contributed by atoms with E-state index in [2.05, 4.69) is 21.3 Å². The summed E-state index contributed by atoms with van der Waals surface area (Å²) in [6, 6.07) is 17.1. The van der Waals surface area contributed by atoms with E-state index in [-0.39, 0.29) is 36.5 Å². The molecule has 0 radical (unpaired) electrons. The molecule has 4 amide bonds. The Bertz CT molecular complexity index is 1100. The number of aryl methyl sites for hydroxylation is 2. The lowest BCUT2D eigenvalue weighted by atomic mass is 9.82. The Morgan fingerprint density at radius 3 is 1.16 bits per heavy atom. The lowest BCUT2D eigenvalue weighted by Gasteiger charge is -2.33. The first-order chi connectivity index (χ1) is 20.9. The minimum Gasteiger partial charge on any atom is -0.390 e. The molecule has 242 valence electrons. The van der Waals surface area contributed by atoms with Gasteiger partial charge in [-0.3, -0.25) is 19.2 Å². The van der Waals surface area contributed by atoms with Crippen molar-refractivity contribution in [2.24, 2.45) is 23.7 Å². The smallest absolute Gasteiger partial charge is 0.242 e. The average Bonchev–Trinajstić information content (AvgIpc) is 3.02. The van der Waals surface area contributed by atoms with Crippen molar-refractivity contribution in [2.75, 3.05) is 14.1 Å². The molecule has 0 heterocycles. The van der Waals surface area contributed by atoms with Crippen molar-refractivity contribution in [1.82, 2.24) is 21.3 Å². The van der Waals surface area contributed by atoms with Crippen LogP contribution in [0.1, 0.15) is 51.7 Å². The molecular formula is C34H50N4O6. The largest absolute Gasteiger partial charge is 0.390 e. The van der Waals surface area contributed by atoms with Gasteiger partial charge in [0.2, 0.25) is 23.6 Å². The van der Waals surface area contributed by atoms with Gasteiger partial charge in [-0.25, -0.2) is 0 Å². The highest BCUT2D eigenvalue weighted by Crippen LogP contribution is 2.25. The Balaban J connectivity index is 2.42. The van der Waals surface area contributed by atoms with Crippen LogP contribution in [0.25, 0.3) is 0 Å². The Morgan fingerprint density at radius 2 is 0.886 bits per heavy atom. The summed E-state index contributed by atoms with van der Waals surface area (Å²) >= 11 is 0. The molecule has 44 heavy (non-hydrogen) atoms. The summed E-state index contributed by atoms with van der Waals surface area (Å²) in [5, 5.41) is 33.9. The van der Waals surface area contributed by atoms with E-state index in [1.807, 2.05) is 60.7 Å². The number of likely N-dealkylation sites (N-methyl/N-ethyl adjacent to an activating group) is 2. The minimum absolute atomic E-state index is 0.159. The Morgan fingerprint density at radius 1 is 0.568 bits per heavy atom. The molecule has 2 aromatic carbocycles. The molecule has 2 aromatic rings. The van der Waals surface area contributed by atoms with Crippen molar-refractivity contribution in [2.45, 2.75) is 77.7 Å². The van der Waals surface area contributed by atoms with E-state index in [0.717, 1.165) is 11.1 Å². The Kier molecular flexibility index (Phi) is 15.0. The van der Waals surface area contributed by atoms with Crippen molar-refractivity contribution in [1.29, 1.82) is 0 Å². The summed E-state index contributed by atoms with van der Waals surface area (Å²) in [5.74, 6) is -4.69. The highest BCUT2D eigenvalue weighted by atomic mass is 16.3. The summed E-state index contributed by atoms with van der Waals surface area (Å²) < 4.78 is 0. The fourth-order valence-electron chi connectivity index (χ4n) is 5.23. The van der Waals surface area contributed by atoms with Gasteiger partial charge in [0.25, 0.3) is 0 Å². The fourth-order valence-corrected chi connectivity index (χ4v) is 5.23. The minimum atomic E-state index is -1.64. The predicted octanol–water partition coefficient (Wildman–Crippen LogP) is 1.98. The zero-order chi connectivity index (χ0) is 32.8. The van der Waals surface area contributed by atoms with Gasteiger partial charge in [-0.2, -0.15) is 0 Å². The molecule has 0 aromatic heterocycles. The van der Waals surface area contributed by atoms with Gasteiger partial charge in [-0.1, -0.05) is 88.4 Å². The number of carbonyl (C=O) groups excluding carboxylic acids is 4. The standard InChI is InChI=1S/C34H50N4O6/c1-21(2)27(33(43)35-5)37-31(41)25(19-17-23-13-9-7-10-14-23)29(39)30(40)26(20-18-24-15-11-8-12-16-24)32(42)38-28(22(3)4)34(44)36-6/h7-16,21-22,25-30,39-40H,17-20H2,1-6H3,(H,35,43)(H,36,44)(H,37,41)(H,38,42)/t25-,26-,27-,28-,29+,30+/m0/s1. The van der Waals surface area contributed by atoms with Crippen LogP contribution < -0.4 is 21.3 Å². The van der Waals surface area contributed by atoms with Crippen molar-refractivity contribution < 1.29 is 29.4 Å². The van der Waals surface area contributed by atoms with Crippen LogP contribution in [-0.4, -0.2) is 72.2 Å². The molecule has 0 bridgehead atoms. The second-order valence-electron chi connectivity index (χ2n) is 11.9. The number of hydrogen-bond donors (Lipinski definition) is 6. The molecule has 10 heteroatoms. The van der Waals surface area contributed by atoms with Crippen molar-refractivity contribution in [3.63, 3.8) is 0 Å². The van der Waals surface area contributed by atoms with E-state index in [0.29, 0.717) is 12.8 Å². The number of aliphatic hydroxyl groups is 2. The maximum atomic E-state index is 13.7. The van der Waals surface area contributed by atoms with Gasteiger partial charge >= 0.3 is 0 Å². The van der Waals surface area contributed by atoms with E-state index >= 15 is 0 Å². The van der Waals surface area contributed by atoms with Gasteiger partial charge in [0.1, 0.15) is 12.1 Å². The van der Waals surface area contributed by atoms with Crippen LogP contribution in [0.4, 0.5) is 0 Å². The molecule has 0 fully saturated rings. The van der Waals surface area contributed by atoms with Gasteiger partial charge in [-0.15, -0.1) is 0 Å². The van der Waals surface area contributed by atoms with Gasteiger partial charge < -0.3 is 31.5 Å².